The minimum atomic E-state index is -0.911. The predicted molar refractivity (Wildman–Crippen MR) is 156 cm³/mol. The van der Waals surface area contributed by atoms with Crippen LogP contribution in [0.3, 0.4) is 0 Å². The van der Waals surface area contributed by atoms with E-state index in [1.165, 1.54) is 13.3 Å². The van der Waals surface area contributed by atoms with Gasteiger partial charge in [0.15, 0.2) is 11.6 Å². The molecule has 1 aliphatic carbocycles. The van der Waals surface area contributed by atoms with E-state index in [9.17, 15) is 9.90 Å². The number of nitrogens with zero attached hydrogens (tertiary/aromatic N) is 2. The summed E-state index contributed by atoms with van der Waals surface area (Å²) >= 11 is 0. The Balaban J connectivity index is 1.35. The van der Waals surface area contributed by atoms with Crippen LogP contribution in [0.5, 0.6) is 11.6 Å². The Morgan fingerprint density at radius 1 is 1.14 bits per heavy atom. The summed E-state index contributed by atoms with van der Waals surface area (Å²) in [4.78, 5) is 18.3. The number of likely N-dealkylation sites (tertiary alicyclic amines) is 1. The van der Waals surface area contributed by atoms with Gasteiger partial charge in [0.25, 0.3) is 0 Å². The van der Waals surface area contributed by atoms with Gasteiger partial charge in [0.1, 0.15) is 11.9 Å². The van der Waals surface area contributed by atoms with E-state index in [1.54, 1.807) is 19.1 Å². The van der Waals surface area contributed by atoms with Gasteiger partial charge in [-0.05, 0) is 85.7 Å². The highest BCUT2D eigenvalue weighted by molar-refractivity contribution is 5.71. The first kappa shape index (κ1) is 28.6. The molecule has 2 aliphatic heterocycles. The maximum atomic E-state index is 16.1. The van der Waals surface area contributed by atoms with Crippen LogP contribution >= 0.6 is 0 Å². The number of benzene rings is 2. The normalized spacial score (nSPS) is 21.8. The summed E-state index contributed by atoms with van der Waals surface area (Å²) in [6.45, 7) is 5.52. The molecule has 222 valence electrons. The maximum absolute atomic E-state index is 16.1. The first-order valence-corrected chi connectivity index (χ1v) is 15.0. The molecule has 6 rings (SSSR count). The zero-order valence-electron chi connectivity index (χ0n) is 24.4. The number of carboxylic acids is 1. The molecule has 42 heavy (non-hydrogen) atoms. The minimum absolute atomic E-state index is 0.179. The van der Waals surface area contributed by atoms with Crippen molar-refractivity contribution in [3.63, 3.8) is 0 Å². The molecule has 0 amide bonds. The van der Waals surface area contributed by atoms with E-state index in [4.69, 9.17) is 9.47 Å². The van der Waals surface area contributed by atoms with Crippen molar-refractivity contribution in [1.82, 2.24) is 9.88 Å². The smallest absolute Gasteiger partial charge is 0.306 e. The summed E-state index contributed by atoms with van der Waals surface area (Å²) in [5.74, 6) is -2.07. The van der Waals surface area contributed by atoms with Gasteiger partial charge in [0, 0.05) is 30.1 Å². The van der Waals surface area contributed by atoms with E-state index in [1.807, 2.05) is 18.2 Å². The van der Waals surface area contributed by atoms with Gasteiger partial charge in [-0.2, -0.15) is 0 Å². The largest absolute Gasteiger partial charge is 0.482 e. The molecule has 6 nitrogen and oxygen atoms in total. The molecule has 1 unspecified atom stereocenters. The van der Waals surface area contributed by atoms with Crippen LogP contribution in [0.1, 0.15) is 80.2 Å². The van der Waals surface area contributed by atoms with Crippen LogP contribution in [0, 0.1) is 23.5 Å². The summed E-state index contributed by atoms with van der Waals surface area (Å²) in [5.41, 5.74) is 4.33. The van der Waals surface area contributed by atoms with Crippen molar-refractivity contribution in [2.24, 2.45) is 11.8 Å². The number of halogens is 2. The number of aliphatic carboxylic acids is 1. The molecule has 1 N–H and O–H groups in total. The Kier molecular flexibility index (Phi) is 7.92. The van der Waals surface area contributed by atoms with Crippen molar-refractivity contribution in [2.75, 3.05) is 13.7 Å². The van der Waals surface area contributed by atoms with Crippen LogP contribution in [0.25, 0.3) is 11.1 Å². The average molecular weight is 577 g/mol. The Labute approximate surface area is 245 Å². The zero-order valence-corrected chi connectivity index (χ0v) is 24.4. The molecule has 1 saturated carbocycles. The summed E-state index contributed by atoms with van der Waals surface area (Å²) in [7, 11) is 1.51. The molecular weight excluding hydrogens is 538 g/mol. The van der Waals surface area contributed by atoms with Gasteiger partial charge in [-0.3, -0.25) is 9.69 Å². The van der Waals surface area contributed by atoms with Crippen LogP contribution in [0.2, 0.25) is 0 Å². The molecule has 0 spiro atoms. The number of hydrogen-bond acceptors (Lipinski definition) is 5. The van der Waals surface area contributed by atoms with Gasteiger partial charge in [-0.15, -0.1) is 0 Å². The fourth-order valence-corrected chi connectivity index (χ4v) is 6.85. The summed E-state index contributed by atoms with van der Waals surface area (Å²) < 4.78 is 42.9. The van der Waals surface area contributed by atoms with Gasteiger partial charge in [-0.1, -0.05) is 37.3 Å². The van der Waals surface area contributed by atoms with Crippen LogP contribution in [0.4, 0.5) is 8.78 Å². The van der Waals surface area contributed by atoms with Crippen LogP contribution in [-0.4, -0.2) is 40.7 Å². The molecule has 3 aromatic rings. The number of rotatable bonds is 9. The van der Waals surface area contributed by atoms with E-state index >= 15 is 8.78 Å². The van der Waals surface area contributed by atoms with E-state index in [-0.39, 0.29) is 23.7 Å². The van der Waals surface area contributed by atoms with Crippen molar-refractivity contribution in [3.8, 4) is 22.8 Å². The summed E-state index contributed by atoms with van der Waals surface area (Å²) in [6.07, 6.45) is 6.22. The number of carboxylic acid groups (broad SMARTS) is 1. The lowest BCUT2D eigenvalue weighted by Crippen LogP contribution is -2.26. The molecule has 2 aromatic carbocycles. The number of carbonyl (C=O) groups is 1. The first-order valence-electron chi connectivity index (χ1n) is 15.0. The number of fused-ring (bicyclic) bond motifs is 1. The van der Waals surface area contributed by atoms with Crippen molar-refractivity contribution >= 4 is 5.97 Å². The lowest BCUT2D eigenvalue weighted by Gasteiger charge is -2.30. The Morgan fingerprint density at radius 2 is 1.95 bits per heavy atom. The third kappa shape index (κ3) is 5.49. The summed E-state index contributed by atoms with van der Waals surface area (Å²) in [5, 5.41) is 9.71. The number of aromatic nitrogens is 1. The van der Waals surface area contributed by atoms with Crippen LogP contribution < -0.4 is 9.47 Å². The van der Waals surface area contributed by atoms with Gasteiger partial charge in [0.2, 0.25) is 5.88 Å². The number of methoxy groups -OCH3 is 1. The zero-order chi connectivity index (χ0) is 29.5. The number of ether oxygens (including phenoxy) is 2. The van der Waals surface area contributed by atoms with Gasteiger partial charge in [-0.25, -0.2) is 13.8 Å². The topological polar surface area (TPSA) is 71.9 Å². The summed E-state index contributed by atoms with van der Waals surface area (Å²) in [6, 6.07) is 11.7. The fraction of sp³-hybridized carbons (Fsp3) is 0.471. The van der Waals surface area contributed by atoms with Crippen molar-refractivity contribution in [3.05, 3.63) is 76.5 Å². The van der Waals surface area contributed by atoms with Gasteiger partial charge in [0.05, 0.1) is 19.2 Å². The highest BCUT2D eigenvalue weighted by atomic mass is 19.1. The van der Waals surface area contributed by atoms with Crippen molar-refractivity contribution < 1.29 is 28.2 Å². The molecule has 1 aromatic heterocycles. The molecule has 3 heterocycles. The number of aryl methyl sites for hydroxylation is 1. The lowest BCUT2D eigenvalue weighted by molar-refractivity contribution is -0.142. The Morgan fingerprint density at radius 3 is 2.64 bits per heavy atom. The molecule has 3 aliphatic rings. The molecule has 1 saturated heterocycles. The molecule has 0 radical (unpaired) electrons. The SMILES string of the molecule is COc1cc(-c2ccc(C3CCc4ccc([C@H](C5CC5)[C@H](C)C(=O)O)c(F)c4O3)cc2CN2CCC[C@@H]2C)c(F)cn1. The van der Waals surface area contributed by atoms with Crippen molar-refractivity contribution in [1.29, 1.82) is 0 Å². The van der Waals surface area contributed by atoms with Gasteiger partial charge < -0.3 is 14.6 Å². The maximum Gasteiger partial charge on any atom is 0.306 e. The van der Waals surface area contributed by atoms with E-state index in [2.05, 4.69) is 22.9 Å². The minimum Gasteiger partial charge on any atom is -0.482 e. The second-order valence-electron chi connectivity index (χ2n) is 12.2. The molecule has 4 atom stereocenters. The molecule has 0 bridgehead atoms. The monoisotopic (exact) mass is 576 g/mol. The molecule has 8 heteroatoms. The van der Waals surface area contributed by atoms with E-state index < -0.39 is 23.5 Å². The number of pyridine rings is 1. The van der Waals surface area contributed by atoms with E-state index in [0.29, 0.717) is 42.4 Å². The third-order valence-corrected chi connectivity index (χ3v) is 9.46. The lowest BCUT2D eigenvalue weighted by atomic mass is 9.82. The van der Waals surface area contributed by atoms with Crippen LogP contribution in [0.15, 0.2) is 42.6 Å². The van der Waals surface area contributed by atoms with E-state index in [0.717, 1.165) is 54.5 Å². The van der Waals surface area contributed by atoms with Crippen LogP contribution in [-0.2, 0) is 17.8 Å². The Bertz CT molecular complexity index is 1490. The third-order valence-electron chi connectivity index (χ3n) is 9.46. The predicted octanol–water partition coefficient (Wildman–Crippen LogP) is 7.30. The highest BCUT2D eigenvalue weighted by Gasteiger charge is 2.41. The Hall–Kier alpha value is -3.52. The first-order chi connectivity index (χ1) is 20.2. The second kappa shape index (κ2) is 11.6. The quantitative estimate of drug-likeness (QED) is 0.288. The van der Waals surface area contributed by atoms with Crippen molar-refractivity contribution in [2.45, 2.75) is 77.0 Å². The fourth-order valence-electron chi connectivity index (χ4n) is 6.85. The number of hydrogen-bond donors (Lipinski definition) is 1. The standard InChI is InChI=1S/C34H38F2N2O4/c1-19-5-4-14-38(19)18-24-15-23(9-11-25(24)27-16-30(41-3)37-17-28(27)35)29-13-10-22-8-12-26(32(36)33(22)42-29)31(21-6-7-21)20(2)34(39)40/h8-9,11-12,15-17,19-21,29,31H,4-7,10,13-14,18H2,1-3H3,(H,39,40)/t19-,20-,29?,31-/m0/s1. The van der Waals surface area contributed by atoms with Gasteiger partial charge >= 0.3 is 5.97 Å². The average Bonchev–Trinajstić information content (AvgIpc) is 3.75. The second-order valence-corrected chi connectivity index (χ2v) is 12.2. The highest BCUT2D eigenvalue weighted by Crippen LogP contribution is 2.50. The molecule has 2 fully saturated rings. The molecular formula is C34H38F2N2O4.